The van der Waals surface area contributed by atoms with Crippen LogP contribution in [0.4, 0.5) is 10.2 Å². The fourth-order valence-corrected chi connectivity index (χ4v) is 2.93. The predicted molar refractivity (Wildman–Crippen MR) is 94.1 cm³/mol. The number of methoxy groups -OCH3 is 2. The van der Waals surface area contributed by atoms with Gasteiger partial charge in [0, 0.05) is 23.3 Å². The van der Waals surface area contributed by atoms with Crippen LogP contribution >= 0.6 is 0 Å². The number of amides is 1. The zero-order valence-electron chi connectivity index (χ0n) is 14.2. The largest absolute Gasteiger partial charge is 0.496 e. The molecule has 0 saturated heterocycles. The number of carbonyl (C=O) groups is 1. The van der Waals surface area contributed by atoms with E-state index in [2.05, 4.69) is 20.3 Å². The first-order chi connectivity index (χ1) is 12.6. The van der Waals surface area contributed by atoms with Gasteiger partial charge in [-0.3, -0.25) is 4.79 Å². The van der Waals surface area contributed by atoms with Crippen LogP contribution in [0.5, 0.6) is 11.6 Å². The Hall–Kier alpha value is -3.16. The number of hydrogen-bond donors (Lipinski definition) is 2. The van der Waals surface area contributed by atoms with Gasteiger partial charge in [0.2, 0.25) is 11.8 Å². The molecule has 2 atom stereocenters. The van der Waals surface area contributed by atoms with E-state index < -0.39 is 12.1 Å². The molecule has 2 N–H and O–H groups in total. The minimum absolute atomic E-state index is 0.279. The SMILES string of the molecule is COc1ccnc(OC)c1-c1c[nH]c2nc(NC(=O)C3CC3F)ccc12. The molecule has 134 valence electrons. The van der Waals surface area contributed by atoms with Gasteiger partial charge in [0.25, 0.3) is 0 Å². The Labute approximate surface area is 148 Å². The number of nitrogens with one attached hydrogen (secondary N) is 2. The topological polar surface area (TPSA) is 89.1 Å². The lowest BCUT2D eigenvalue weighted by Gasteiger charge is -2.11. The number of aromatic amines is 1. The van der Waals surface area contributed by atoms with E-state index in [0.717, 1.165) is 10.9 Å². The maximum atomic E-state index is 13.0. The first kappa shape index (κ1) is 16.3. The Balaban J connectivity index is 1.72. The summed E-state index contributed by atoms with van der Waals surface area (Å²) in [6.45, 7) is 0. The summed E-state index contributed by atoms with van der Waals surface area (Å²) in [7, 11) is 3.12. The van der Waals surface area contributed by atoms with Crippen molar-refractivity contribution in [1.29, 1.82) is 0 Å². The zero-order valence-corrected chi connectivity index (χ0v) is 14.2. The molecule has 3 heterocycles. The third-order valence-corrected chi connectivity index (χ3v) is 4.40. The monoisotopic (exact) mass is 356 g/mol. The summed E-state index contributed by atoms with van der Waals surface area (Å²) in [4.78, 5) is 23.6. The van der Waals surface area contributed by atoms with Crippen molar-refractivity contribution in [2.75, 3.05) is 19.5 Å². The molecule has 0 aromatic carbocycles. The number of pyridine rings is 2. The number of anilines is 1. The summed E-state index contributed by atoms with van der Waals surface area (Å²) < 4.78 is 23.8. The van der Waals surface area contributed by atoms with E-state index in [9.17, 15) is 9.18 Å². The van der Waals surface area contributed by atoms with Crippen molar-refractivity contribution in [3.63, 3.8) is 0 Å². The molecule has 8 heteroatoms. The number of hydrogen-bond acceptors (Lipinski definition) is 5. The first-order valence-corrected chi connectivity index (χ1v) is 8.12. The summed E-state index contributed by atoms with van der Waals surface area (Å²) in [5, 5.41) is 3.47. The van der Waals surface area contributed by atoms with E-state index in [4.69, 9.17) is 9.47 Å². The van der Waals surface area contributed by atoms with Crippen molar-refractivity contribution in [2.24, 2.45) is 5.92 Å². The van der Waals surface area contributed by atoms with Gasteiger partial charge in [0.05, 0.1) is 25.7 Å². The summed E-state index contributed by atoms with van der Waals surface area (Å²) in [5.41, 5.74) is 2.11. The average molecular weight is 356 g/mol. The van der Waals surface area contributed by atoms with E-state index in [1.165, 1.54) is 0 Å². The van der Waals surface area contributed by atoms with Crippen molar-refractivity contribution < 1.29 is 18.7 Å². The second-order valence-corrected chi connectivity index (χ2v) is 6.04. The van der Waals surface area contributed by atoms with Gasteiger partial charge in [-0.15, -0.1) is 0 Å². The predicted octanol–water partition coefficient (Wildman–Crippen LogP) is 2.94. The van der Waals surface area contributed by atoms with Crippen LogP contribution in [-0.2, 0) is 4.79 Å². The number of carbonyl (C=O) groups excluding carboxylic acids is 1. The number of nitrogens with zero attached hydrogens (tertiary/aromatic N) is 2. The molecule has 26 heavy (non-hydrogen) atoms. The quantitative estimate of drug-likeness (QED) is 0.734. The van der Waals surface area contributed by atoms with E-state index in [-0.39, 0.29) is 12.3 Å². The molecule has 1 aliphatic carbocycles. The normalized spacial score (nSPS) is 18.6. The molecule has 1 fully saturated rings. The second kappa shape index (κ2) is 6.29. The Kier molecular flexibility index (Phi) is 3.95. The van der Waals surface area contributed by atoms with Crippen LogP contribution in [0.2, 0.25) is 0 Å². The van der Waals surface area contributed by atoms with E-state index in [0.29, 0.717) is 28.7 Å². The Morgan fingerprint density at radius 2 is 2.12 bits per heavy atom. The Morgan fingerprint density at radius 3 is 2.81 bits per heavy atom. The maximum Gasteiger partial charge on any atom is 0.231 e. The fourth-order valence-electron chi connectivity index (χ4n) is 2.93. The molecule has 2 unspecified atom stereocenters. The number of fused-ring (bicyclic) bond motifs is 1. The molecule has 1 saturated carbocycles. The van der Waals surface area contributed by atoms with Crippen LogP contribution in [0, 0.1) is 5.92 Å². The van der Waals surface area contributed by atoms with Gasteiger partial charge < -0.3 is 19.8 Å². The number of H-pyrrole nitrogens is 1. The summed E-state index contributed by atoms with van der Waals surface area (Å²) >= 11 is 0. The molecule has 0 spiro atoms. The van der Waals surface area contributed by atoms with Gasteiger partial charge in [-0.25, -0.2) is 14.4 Å². The number of aromatic nitrogens is 3. The van der Waals surface area contributed by atoms with E-state index in [1.54, 1.807) is 38.7 Å². The highest BCUT2D eigenvalue weighted by molar-refractivity contribution is 5.99. The third kappa shape index (κ3) is 2.73. The standard InChI is InChI=1S/C18H17FN4O3/c1-25-13-5-6-20-18(26-2)15(13)11-8-21-16-9(11)3-4-14(22-16)23-17(24)10-7-12(10)19/h3-6,8,10,12H,7H2,1-2H3,(H2,21,22,23,24). The summed E-state index contributed by atoms with van der Waals surface area (Å²) in [6.07, 6.45) is 2.63. The Morgan fingerprint density at radius 1 is 1.31 bits per heavy atom. The highest BCUT2D eigenvalue weighted by atomic mass is 19.1. The molecule has 0 aliphatic heterocycles. The van der Waals surface area contributed by atoms with Crippen molar-refractivity contribution in [1.82, 2.24) is 15.0 Å². The number of ether oxygens (including phenoxy) is 2. The van der Waals surface area contributed by atoms with Gasteiger partial charge >= 0.3 is 0 Å². The lowest BCUT2D eigenvalue weighted by Crippen LogP contribution is -2.15. The van der Waals surface area contributed by atoms with Gasteiger partial charge in [0.15, 0.2) is 0 Å². The lowest BCUT2D eigenvalue weighted by molar-refractivity contribution is -0.117. The van der Waals surface area contributed by atoms with Crippen molar-refractivity contribution in [3.8, 4) is 22.8 Å². The van der Waals surface area contributed by atoms with Crippen LogP contribution in [0.15, 0.2) is 30.6 Å². The van der Waals surface area contributed by atoms with E-state index >= 15 is 0 Å². The van der Waals surface area contributed by atoms with Crippen LogP contribution in [0.3, 0.4) is 0 Å². The van der Waals surface area contributed by atoms with Crippen LogP contribution < -0.4 is 14.8 Å². The molecule has 7 nitrogen and oxygen atoms in total. The zero-order chi connectivity index (χ0) is 18.3. The average Bonchev–Trinajstić information content (AvgIpc) is 3.25. The highest BCUT2D eigenvalue weighted by Gasteiger charge is 2.43. The molecule has 0 bridgehead atoms. The fraction of sp³-hybridized carbons (Fsp3) is 0.278. The first-order valence-electron chi connectivity index (χ1n) is 8.12. The van der Waals surface area contributed by atoms with Crippen molar-refractivity contribution >= 4 is 22.8 Å². The van der Waals surface area contributed by atoms with Gasteiger partial charge in [0.1, 0.15) is 23.4 Å². The molecule has 3 aromatic rings. The third-order valence-electron chi connectivity index (χ3n) is 4.40. The second-order valence-electron chi connectivity index (χ2n) is 6.04. The molecular weight excluding hydrogens is 339 g/mol. The molecular formula is C18H17FN4O3. The minimum atomic E-state index is -1.04. The molecule has 3 aromatic heterocycles. The summed E-state index contributed by atoms with van der Waals surface area (Å²) in [5.74, 6) is 0.533. The van der Waals surface area contributed by atoms with Crippen LogP contribution in [-0.4, -0.2) is 41.3 Å². The number of halogens is 1. The maximum absolute atomic E-state index is 13.0. The molecule has 0 radical (unpaired) electrons. The van der Waals surface area contributed by atoms with Crippen molar-refractivity contribution in [2.45, 2.75) is 12.6 Å². The van der Waals surface area contributed by atoms with E-state index in [1.807, 2.05) is 6.07 Å². The van der Waals surface area contributed by atoms with Gasteiger partial charge in [-0.05, 0) is 24.6 Å². The molecule has 4 rings (SSSR count). The minimum Gasteiger partial charge on any atom is -0.496 e. The van der Waals surface area contributed by atoms with Crippen LogP contribution in [0.25, 0.3) is 22.2 Å². The molecule has 1 aliphatic rings. The Bertz CT molecular complexity index is 965. The van der Waals surface area contributed by atoms with Gasteiger partial charge in [-0.1, -0.05) is 0 Å². The highest BCUT2D eigenvalue weighted by Crippen LogP contribution is 2.40. The van der Waals surface area contributed by atoms with Gasteiger partial charge in [-0.2, -0.15) is 0 Å². The lowest BCUT2D eigenvalue weighted by atomic mass is 10.1. The summed E-state index contributed by atoms with van der Waals surface area (Å²) in [6, 6.07) is 5.26. The van der Waals surface area contributed by atoms with Crippen LogP contribution in [0.1, 0.15) is 6.42 Å². The molecule has 1 amide bonds. The number of alkyl halides is 1. The smallest absolute Gasteiger partial charge is 0.231 e. The number of rotatable bonds is 5. The van der Waals surface area contributed by atoms with Crippen molar-refractivity contribution in [3.05, 3.63) is 30.6 Å².